The molecule has 0 unspecified atom stereocenters. The first-order valence-electron chi connectivity index (χ1n) is 4.26. The Hall–Kier alpha value is -1.07. The zero-order chi connectivity index (χ0) is 10.8. The highest BCUT2D eigenvalue weighted by Gasteiger charge is 2.08. The minimum absolute atomic E-state index is 0.231. The van der Waals surface area contributed by atoms with Gasteiger partial charge in [0.15, 0.2) is 5.13 Å². The van der Waals surface area contributed by atoms with E-state index in [0.29, 0.717) is 10.7 Å². The van der Waals surface area contributed by atoms with Crippen LogP contribution in [0.5, 0.6) is 0 Å². The second kappa shape index (κ2) is 4.20. The molecule has 0 radical (unpaired) electrons. The SMILES string of the molecule is CSc1ccc(-c2cnc(N)s2)c(F)c1. The van der Waals surface area contributed by atoms with Gasteiger partial charge in [-0.2, -0.15) is 0 Å². The molecule has 0 aliphatic rings. The van der Waals surface area contributed by atoms with Crippen LogP contribution in [0.3, 0.4) is 0 Å². The van der Waals surface area contributed by atoms with Crippen molar-refractivity contribution in [3.8, 4) is 10.4 Å². The van der Waals surface area contributed by atoms with Gasteiger partial charge in [-0.05, 0) is 24.5 Å². The highest BCUT2D eigenvalue weighted by Crippen LogP contribution is 2.31. The maximum absolute atomic E-state index is 13.7. The Labute approximate surface area is 95.3 Å². The maximum Gasteiger partial charge on any atom is 0.180 e. The van der Waals surface area contributed by atoms with Gasteiger partial charge in [-0.1, -0.05) is 11.3 Å². The molecule has 2 N–H and O–H groups in total. The van der Waals surface area contributed by atoms with Crippen LogP contribution in [-0.4, -0.2) is 11.2 Å². The summed E-state index contributed by atoms with van der Waals surface area (Å²) in [6, 6.07) is 5.17. The molecular formula is C10H9FN2S2. The van der Waals surface area contributed by atoms with Crippen molar-refractivity contribution in [1.82, 2.24) is 4.98 Å². The molecule has 1 aromatic carbocycles. The Balaban J connectivity index is 2.45. The van der Waals surface area contributed by atoms with Gasteiger partial charge in [-0.3, -0.25) is 0 Å². The fourth-order valence-electron chi connectivity index (χ4n) is 1.23. The van der Waals surface area contributed by atoms with Gasteiger partial charge in [0.05, 0.1) is 4.88 Å². The lowest BCUT2D eigenvalue weighted by Crippen LogP contribution is -1.82. The molecule has 2 aromatic rings. The van der Waals surface area contributed by atoms with Crippen LogP contribution in [0.15, 0.2) is 29.3 Å². The number of benzene rings is 1. The number of thiazole rings is 1. The molecule has 15 heavy (non-hydrogen) atoms. The molecule has 1 heterocycles. The van der Waals surface area contributed by atoms with Gasteiger partial charge in [-0.25, -0.2) is 9.37 Å². The monoisotopic (exact) mass is 240 g/mol. The van der Waals surface area contributed by atoms with E-state index in [9.17, 15) is 4.39 Å². The number of anilines is 1. The molecule has 0 bridgehead atoms. The summed E-state index contributed by atoms with van der Waals surface area (Å²) >= 11 is 2.80. The highest BCUT2D eigenvalue weighted by molar-refractivity contribution is 7.98. The molecule has 0 saturated carbocycles. The topological polar surface area (TPSA) is 38.9 Å². The first kappa shape index (κ1) is 10.4. The molecule has 0 aliphatic heterocycles. The van der Waals surface area contributed by atoms with E-state index in [2.05, 4.69) is 4.98 Å². The fourth-order valence-corrected chi connectivity index (χ4v) is 2.37. The smallest absolute Gasteiger partial charge is 0.180 e. The number of rotatable bonds is 2. The van der Waals surface area contributed by atoms with Crippen LogP contribution in [-0.2, 0) is 0 Å². The zero-order valence-corrected chi connectivity index (χ0v) is 9.66. The molecule has 0 aliphatic carbocycles. The van der Waals surface area contributed by atoms with Crippen molar-refractivity contribution in [3.05, 3.63) is 30.2 Å². The molecule has 5 heteroatoms. The van der Waals surface area contributed by atoms with Crippen molar-refractivity contribution < 1.29 is 4.39 Å². The molecule has 0 spiro atoms. The molecule has 0 saturated heterocycles. The Bertz CT molecular complexity index is 482. The lowest BCUT2D eigenvalue weighted by Gasteiger charge is -2.01. The Morgan fingerprint density at radius 1 is 1.47 bits per heavy atom. The third-order valence-corrected chi connectivity index (χ3v) is 3.55. The van der Waals surface area contributed by atoms with Gasteiger partial charge >= 0.3 is 0 Å². The maximum atomic E-state index is 13.7. The van der Waals surface area contributed by atoms with E-state index in [0.717, 1.165) is 9.77 Å². The van der Waals surface area contributed by atoms with Crippen molar-refractivity contribution in [3.63, 3.8) is 0 Å². The number of nitrogens with two attached hydrogens (primary N) is 1. The molecule has 2 nitrogen and oxygen atoms in total. The fraction of sp³-hybridized carbons (Fsp3) is 0.100. The van der Waals surface area contributed by atoms with Crippen LogP contribution in [0.4, 0.5) is 9.52 Å². The summed E-state index contributed by atoms with van der Waals surface area (Å²) in [5.41, 5.74) is 6.06. The number of thioether (sulfide) groups is 1. The van der Waals surface area contributed by atoms with Crippen molar-refractivity contribution >= 4 is 28.2 Å². The summed E-state index contributed by atoms with van der Waals surface area (Å²) in [7, 11) is 0. The highest BCUT2D eigenvalue weighted by atomic mass is 32.2. The predicted molar refractivity (Wildman–Crippen MR) is 63.7 cm³/mol. The molecular weight excluding hydrogens is 231 g/mol. The van der Waals surface area contributed by atoms with E-state index >= 15 is 0 Å². The number of nitrogens with zero attached hydrogens (tertiary/aromatic N) is 1. The molecule has 2 rings (SSSR count). The number of halogens is 1. The molecule has 0 amide bonds. The molecule has 0 fully saturated rings. The molecule has 0 atom stereocenters. The summed E-state index contributed by atoms with van der Waals surface area (Å²) in [4.78, 5) is 5.57. The average Bonchev–Trinajstić information content (AvgIpc) is 2.64. The number of hydrogen-bond donors (Lipinski definition) is 1. The minimum atomic E-state index is -0.231. The summed E-state index contributed by atoms with van der Waals surface area (Å²) in [6.45, 7) is 0. The summed E-state index contributed by atoms with van der Waals surface area (Å²) in [6.07, 6.45) is 3.51. The first-order valence-corrected chi connectivity index (χ1v) is 6.30. The second-order valence-corrected chi connectivity index (χ2v) is 4.85. The van der Waals surface area contributed by atoms with Crippen molar-refractivity contribution in [2.45, 2.75) is 4.90 Å². The zero-order valence-electron chi connectivity index (χ0n) is 8.03. The third-order valence-electron chi connectivity index (χ3n) is 1.97. The summed E-state index contributed by atoms with van der Waals surface area (Å²) in [5.74, 6) is -0.231. The number of hydrogen-bond acceptors (Lipinski definition) is 4. The van der Waals surface area contributed by atoms with E-state index in [1.807, 2.05) is 12.3 Å². The standard InChI is InChI=1S/C10H9FN2S2/c1-14-6-2-3-7(8(11)4-6)9-5-13-10(12)15-9/h2-5H,1H3,(H2,12,13). The van der Waals surface area contributed by atoms with Crippen LogP contribution in [0.25, 0.3) is 10.4 Å². The van der Waals surface area contributed by atoms with E-state index in [4.69, 9.17) is 5.73 Å². The average molecular weight is 240 g/mol. The van der Waals surface area contributed by atoms with Gasteiger partial charge in [0, 0.05) is 16.7 Å². The Morgan fingerprint density at radius 3 is 2.80 bits per heavy atom. The summed E-state index contributed by atoms with van der Waals surface area (Å²) < 4.78 is 13.7. The molecule has 78 valence electrons. The van der Waals surface area contributed by atoms with Gasteiger partial charge in [0.25, 0.3) is 0 Å². The van der Waals surface area contributed by atoms with Crippen molar-refractivity contribution in [2.24, 2.45) is 0 Å². The van der Waals surface area contributed by atoms with Crippen LogP contribution in [0.2, 0.25) is 0 Å². The van der Waals surface area contributed by atoms with Crippen molar-refractivity contribution in [2.75, 3.05) is 12.0 Å². The summed E-state index contributed by atoms with van der Waals surface area (Å²) in [5, 5.41) is 0.457. The third kappa shape index (κ3) is 2.13. The lowest BCUT2D eigenvalue weighted by atomic mass is 10.2. The molecule has 1 aromatic heterocycles. The van der Waals surface area contributed by atoms with Crippen molar-refractivity contribution in [1.29, 1.82) is 0 Å². The largest absolute Gasteiger partial charge is 0.375 e. The van der Waals surface area contributed by atoms with Gasteiger partial charge in [0.2, 0.25) is 0 Å². The first-order chi connectivity index (χ1) is 7.20. The van der Waals surface area contributed by atoms with E-state index < -0.39 is 0 Å². The van der Waals surface area contributed by atoms with Crippen LogP contribution >= 0.6 is 23.1 Å². The Morgan fingerprint density at radius 2 is 2.27 bits per heavy atom. The van der Waals surface area contributed by atoms with Gasteiger partial charge in [0.1, 0.15) is 5.82 Å². The van der Waals surface area contributed by atoms with Crippen LogP contribution in [0.1, 0.15) is 0 Å². The minimum Gasteiger partial charge on any atom is -0.375 e. The number of nitrogen functional groups attached to an aromatic ring is 1. The van der Waals surface area contributed by atoms with E-state index in [1.165, 1.54) is 29.2 Å². The normalized spacial score (nSPS) is 10.5. The number of aromatic nitrogens is 1. The Kier molecular flexibility index (Phi) is 2.93. The van der Waals surface area contributed by atoms with E-state index in [-0.39, 0.29) is 5.82 Å². The van der Waals surface area contributed by atoms with Gasteiger partial charge < -0.3 is 5.73 Å². The van der Waals surface area contributed by atoms with Gasteiger partial charge in [-0.15, -0.1) is 11.8 Å². The lowest BCUT2D eigenvalue weighted by molar-refractivity contribution is 0.628. The van der Waals surface area contributed by atoms with Crippen LogP contribution in [0, 0.1) is 5.82 Å². The quantitative estimate of drug-likeness (QED) is 0.819. The van der Waals surface area contributed by atoms with Crippen LogP contribution < -0.4 is 5.73 Å². The second-order valence-electron chi connectivity index (χ2n) is 2.91. The van der Waals surface area contributed by atoms with E-state index in [1.54, 1.807) is 12.3 Å². The predicted octanol–water partition coefficient (Wildman–Crippen LogP) is 3.25.